The van der Waals surface area contributed by atoms with Crippen molar-refractivity contribution < 1.29 is 18.0 Å². The molecular weight excluding hydrogens is 422 g/mol. The standard InChI is InChI=1S/C26H27NO4S/c1-18-10-12-20(13-11-18)32(30,31)27-15-21(24(29)19-8-6-5-7-9-19)22(16-27)26(4)17-25(2,3)14-23(26)28/h5-13,15-16H,14,17H2,1-4H3. The van der Waals surface area contributed by atoms with E-state index < -0.39 is 15.4 Å². The maximum Gasteiger partial charge on any atom is 0.267 e. The van der Waals surface area contributed by atoms with Crippen LogP contribution in [0.2, 0.25) is 0 Å². The summed E-state index contributed by atoms with van der Waals surface area (Å²) in [4.78, 5) is 26.7. The molecule has 0 aliphatic heterocycles. The topological polar surface area (TPSA) is 73.2 Å². The number of hydrogen-bond acceptors (Lipinski definition) is 4. The Balaban J connectivity index is 1.91. The van der Waals surface area contributed by atoms with E-state index in [0.717, 1.165) is 9.54 Å². The Bertz CT molecular complexity index is 1300. The van der Waals surface area contributed by atoms with Crippen molar-refractivity contribution in [2.75, 3.05) is 0 Å². The molecule has 5 nitrogen and oxygen atoms in total. The minimum atomic E-state index is -3.92. The average Bonchev–Trinajstić information content (AvgIpc) is 3.28. The Kier molecular flexibility index (Phi) is 5.24. The zero-order chi connectivity index (χ0) is 23.3. The highest BCUT2D eigenvalue weighted by molar-refractivity contribution is 7.90. The second-order valence-corrected chi connectivity index (χ2v) is 11.5. The SMILES string of the molecule is Cc1ccc(S(=O)(=O)n2cc(C(=O)c3ccccc3)c(C3(C)CC(C)(C)CC3=O)c2)cc1. The quantitative estimate of drug-likeness (QED) is 0.519. The van der Waals surface area contributed by atoms with Gasteiger partial charge in [-0.1, -0.05) is 61.9 Å². The van der Waals surface area contributed by atoms with Crippen LogP contribution in [0, 0.1) is 12.3 Å². The summed E-state index contributed by atoms with van der Waals surface area (Å²) >= 11 is 0. The van der Waals surface area contributed by atoms with Gasteiger partial charge in [0.15, 0.2) is 5.78 Å². The molecule has 1 aromatic heterocycles. The van der Waals surface area contributed by atoms with Crippen LogP contribution in [-0.4, -0.2) is 24.0 Å². The van der Waals surface area contributed by atoms with E-state index in [1.54, 1.807) is 48.5 Å². The van der Waals surface area contributed by atoms with Crippen molar-refractivity contribution in [3.05, 3.63) is 89.2 Å². The third kappa shape index (κ3) is 3.73. The summed E-state index contributed by atoms with van der Waals surface area (Å²) in [6.07, 6.45) is 3.76. The largest absolute Gasteiger partial charge is 0.299 e. The van der Waals surface area contributed by atoms with Crippen molar-refractivity contribution >= 4 is 21.6 Å². The molecule has 32 heavy (non-hydrogen) atoms. The van der Waals surface area contributed by atoms with Crippen LogP contribution in [0.1, 0.15) is 60.7 Å². The zero-order valence-corrected chi connectivity index (χ0v) is 19.6. The minimum absolute atomic E-state index is 0.0232. The van der Waals surface area contributed by atoms with E-state index in [1.165, 1.54) is 12.4 Å². The van der Waals surface area contributed by atoms with E-state index in [9.17, 15) is 18.0 Å². The summed E-state index contributed by atoms with van der Waals surface area (Å²) in [5.41, 5.74) is 0.961. The van der Waals surface area contributed by atoms with Crippen LogP contribution < -0.4 is 0 Å². The molecule has 4 rings (SSSR count). The van der Waals surface area contributed by atoms with Crippen LogP contribution in [0.4, 0.5) is 0 Å². The van der Waals surface area contributed by atoms with Gasteiger partial charge in [-0.15, -0.1) is 0 Å². The van der Waals surface area contributed by atoms with E-state index in [-0.39, 0.29) is 27.4 Å². The second kappa shape index (κ2) is 7.55. The van der Waals surface area contributed by atoms with E-state index in [0.29, 0.717) is 24.0 Å². The molecule has 166 valence electrons. The van der Waals surface area contributed by atoms with Crippen molar-refractivity contribution in [2.24, 2.45) is 5.41 Å². The predicted molar refractivity (Wildman–Crippen MR) is 123 cm³/mol. The first-order valence-electron chi connectivity index (χ1n) is 10.6. The fourth-order valence-electron chi connectivity index (χ4n) is 4.76. The molecule has 1 aliphatic carbocycles. The highest BCUT2D eigenvalue weighted by Gasteiger charge is 2.50. The number of aromatic nitrogens is 1. The van der Waals surface area contributed by atoms with Crippen molar-refractivity contribution in [3.63, 3.8) is 0 Å². The molecule has 6 heteroatoms. The molecule has 1 fully saturated rings. The van der Waals surface area contributed by atoms with Crippen LogP contribution in [-0.2, 0) is 20.2 Å². The molecule has 1 saturated carbocycles. The number of carbonyl (C=O) groups is 2. The van der Waals surface area contributed by atoms with Crippen LogP contribution in [0.25, 0.3) is 0 Å². The maximum absolute atomic E-state index is 13.4. The summed E-state index contributed by atoms with van der Waals surface area (Å²) in [6, 6.07) is 15.3. The molecule has 3 aromatic rings. The van der Waals surface area contributed by atoms with Gasteiger partial charge >= 0.3 is 0 Å². The molecule has 0 saturated heterocycles. The van der Waals surface area contributed by atoms with Gasteiger partial charge in [0.05, 0.1) is 10.3 Å². The molecule has 0 bridgehead atoms. The average molecular weight is 450 g/mol. The third-order valence-corrected chi connectivity index (χ3v) is 7.99. The van der Waals surface area contributed by atoms with Gasteiger partial charge in [-0.25, -0.2) is 12.4 Å². The Morgan fingerprint density at radius 2 is 1.56 bits per heavy atom. The van der Waals surface area contributed by atoms with Crippen molar-refractivity contribution in [3.8, 4) is 0 Å². The van der Waals surface area contributed by atoms with Crippen LogP contribution in [0.15, 0.2) is 71.9 Å². The number of Topliss-reactive ketones (excluding diaryl/α,β-unsaturated/α-hetero) is 1. The lowest BCUT2D eigenvalue weighted by atomic mass is 9.76. The lowest BCUT2D eigenvalue weighted by Gasteiger charge is -2.25. The normalized spacial score (nSPS) is 20.4. The number of benzene rings is 2. The van der Waals surface area contributed by atoms with Gasteiger partial charge in [-0.05, 0) is 43.4 Å². The first-order chi connectivity index (χ1) is 14.9. The zero-order valence-electron chi connectivity index (χ0n) is 18.8. The van der Waals surface area contributed by atoms with Gasteiger partial charge in [0.1, 0.15) is 5.78 Å². The number of rotatable bonds is 5. The Hall–Kier alpha value is -2.99. The molecule has 0 radical (unpaired) electrons. The summed E-state index contributed by atoms with van der Waals surface area (Å²) in [7, 11) is -3.92. The number of ketones is 2. The Morgan fingerprint density at radius 3 is 2.12 bits per heavy atom. The summed E-state index contributed by atoms with van der Waals surface area (Å²) in [6.45, 7) is 7.75. The lowest BCUT2D eigenvalue weighted by molar-refractivity contribution is -0.121. The van der Waals surface area contributed by atoms with E-state index >= 15 is 0 Å². The molecule has 2 aromatic carbocycles. The Labute approximate surface area is 189 Å². The molecular formula is C26H27NO4S. The Morgan fingerprint density at radius 1 is 0.938 bits per heavy atom. The molecule has 1 aliphatic rings. The van der Waals surface area contributed by atoms with Crippen LogP contribution in [0.3, 0.4) is 0 Å². The summed E-state index contributed by atoms with van der Waals surface area (Å²) in [5.74, 6) is -0.271. The van der Waals surface area contributed by atoms with E-state index in [2.05, 4.69) is 0 Å². The molecule has 0 N–H and O–H groups in total. The van der Waals surface area contributed by atoms with Crippen molar-refractivity contribution in [1.82, 2.24) is 3.97 Å². The third-order valence-electron chi connectivity index (χ3n) is 6.36. The van der Waals surface area contributed by atoms with Gasteiger partial charge < -0.3 is 0 Å². The minimum Gasteiger partial charge on any atom is -0.299 e. The fourth-order valence-corrected chi connectivity index (χ4v) is 5.97. The maximum atomic E-state index is 13.4. The highest BCUT2D eigenvalue weighted by Crippen LogP contribution is 2.49. The number of carbonyl (C=O) groups excluding carboxylic acids is 2. The number of nitrogens with zero attached hydrogens (tertiary/aromatic N) is 1. The van der Waals surface area contributed by atoms with Gasteiger partial charge in [-0.2, -0.15) is 0 Å². The van der Waals surface area contributed by atoms with Gasteiger partial charge in [0, 0.05) is 29.9 Å². The molecule has 1 unspecified atom stereocenters. The monoisotopic (exact) mass is 449 g/mol. The number of hydrogen-bond donors (Lipinski definition) is 0. The smallest absolute Gasteiger partial charge is 0.267 e. The summed E-state index contributed by atoms with van der Waals surface area (Å²) < 4.78 is 27.8. The van der Waals surface area contributed by atoms with Crippen molar-refractivity contribution in [1.29, 1.82) is 0 Å². The molecule has 1 heterocycles. The first-order valence-corrected chi connectivity index (χ1v) is 12.1. The van der Waals surface area contributed by atoms with Gasteiger partial charge in [0.25, 0.3) is 10.0 Å². The fraction of sp³-hybridized carbons (Fsp3) is 0.308. The highest BCUT2D eigenvalue weighted by atomic mass is 32.2. The van der Waals surface area contributed by atoms with Crippen LogP contribution >= 0.6 is 0 Å². The molecule has 0 amide bonds. The van der Waals surface area contributed by atoms with E-state index in [4.69, 9.17) is 0 Å². The first kappa shape index (κ1) is 22.2. The van der Waals surface area contributed by atoms with Gasteiger partial charge in [0.2, 0.25) is 0 Å². The lowest BCUT2D eigenvalue weighted by Crippen LogP contribution is -2.29. The predicted octanol–water partition coefficient (Wildman–Crippen LogP) is 4.91. The van der Waals surface area contributed by atoms with E-state index in [1.807, 2.05) is 33.8 Å². The number of aryl methyl sites for hydroxylation is 1. The van der Waals surface area contributed by atoms with Crippen molar-refractivity contribution in [2.45, 2.75) is 50.8 Å². The summed E-state index contributed by atoms with van der Waals surface area (Å²) in [5, 5.41) is 0. The van der Waals surface area contributed by atoms with Crippen LogP contribution in [0.5, 0.6) is 0 Å². The molecule has 0 spiro atoms. The second-order valence-electron chi connectivity index (χ2n) is 9.70. The van der Waals surface area contributed by atoms with Gasteiger partial charge in [-0.3, -0.25) is 9.59 Å². The molecule has 1 atom stereocenters.